The number of nitrogens with zero attached hydrogens (tertiary/aromatic N) is 5. The fourth-order valence-corrected chi connectivity index (χ4v) is 6.39. The van der Waals surface area contributed by atoms with E-state index < -0.39 is 82.2 Å². The van der Waals surface area contributed by atoms with Crippen molar-refractivity contribution < 1.29 is 59.7 Å². The molecule has 11 nitrogen and oxygen atoms in total. The van der Waals surface area contributed by atoms with Crippen molar-refractivity contribution in [3.8, 4) is 17.0 Å². The second-order valence-corrected chi connectivity index (χ2v) is 12.8. The van der Waals surface area contributed by atoms with Crippen LogP contribution < -0.4 is 5.32 Å². The summed E-state index contributed by atoms with van der Waals surface area (Å²) in [6.45, 7) is 3.96. The number of aromatic nitrogens is 2. The van der Waals surface area contributed by atoms with Gasteiger partial charge < -0.3 is 25.2 Å². The second-order valence-electron chi connectivity index (χ2n) is 12.8. The molecule has 3 aromatic rings. The van der Waals surface area contributed by atoms with Crippen LogP contribution in [-0.2, 0) is 27.0 Å². The molecule has 19 heteroatoms. The Morgan fingerprint density at radius 1 is 1.00 bits per heavy atom. The highest BCUT2D eigenvalue weighted by Gasteiger charge is 2.55. The maximum atomic E-state index is 14.6. The first kappa shape index (κ1) is 42.9. The minimum Gasteiger partial charge on any atom is -0.509 e. The number of likely N-dealkylation sites (N-methyl/N-ethyl adjacent to an activating group) is 1. The number of benzene rings is 2. The van der Waals surface area contributed by atoms with E-state index in [4.69, 9.17) is 4.74 Å². The van der Waals surface area contributed by atoms with Crippen LogP contribution in [0.15, 0.2) is 54.1 Å². The molecule has 0 radical (unpaired) electrons. The number of ether oxygens (including phenoxy) is 1. The predicted molar refractivity (Wildman–Crippen MR) is 183 cm³/mol. The SMILES string of the molecule is CF.CN1N(Cc2ccc(O)c(F)c2F)C(=O)C(C(=O)Nc2ccc(C(F)F)cc2-c2cc(C(F)(F)F)ncn2)=C(O)C12CCC2.COCCN1CCCC1. The van der Waals surface area contributed by atoms with Crippen LogP contribution in [0.5, 0.6) is 5.75 Å². The van der Waals surface area contributed by atoms with E-state index in [1.54, 1.807) is 7.11 Å². The number of nitrogens with one attached hydrogen (secondary N) is 1. The lowest BCUT2D eigenvalue weighted by Gasteiger charge is -2.54. The summed E-state index contributed by atoms with van der Waals surface area (Å²) in [7, 11) is 3.67. The lowest BCUT2D eigenvalue weighted by atomic mass is 9.72. The molecule has 2 fully saturated rings. The van der Waals surface area contributed by atoms with E-state index in [0.717, 1.165) is 48.5 Å². The van der Waals surface area contributed by atoms with E-state index >= 15 is 0 Å². The smallest absolute Gasteiger partial charge is 0.433 e. The highest BCUT2D eigenvalue weighted by Crippen LogP contribution is 2.47. The standard InChI is InChI=1S/C28H22F7N5O4.C7H15NO.CH3F/c1-39-27(7-2-8-27)23(42)20(26(44)40(39)11-14-4-6-18(41)22(30)21(14)29)25(43)38-16-5-3-13(24(31)32)9-15(16)17-10-19(28(33,34)35)37-12-36-17;1-9-7-6-8-4-2-3-5-8;1-2/h3-6,9-10,12,24,41-42H,2,7-8,11H2,1H3,(H,38,43);2-7H2,1H3;1H3. The number of halogens is 8. The Balaban J connectivity index is 0.000000531. The first-order valence-electron chi connectivity index (χ1n) is 17.0. The topological polar surface area (TPSA) is 131 Å². The highest BCUT2D eigenvalue weighted by atomic mass is 19.4. The molecule has 2 aromatic carbocycles. The van der Waals surface area contributed by atoms with Gasteiger partial charge in [0.15, 0.2) is 11.6 Å². The maximum absolute atomic E-state index is 14.6. The molecule has 300 valence electrons. The number of hydrazine groups is 1. The summed E-state index contributed by atoms with van der Waals surface area (Å²) < 4.78 is 110. The van der Waals surface area contributed by atoms with Gasteiger partial charge >= 0.3 is 6.18 Å². The van der Waals surface area contributed by atoms with Crippen LogP contribution in [0, 0.1) is 11.6 Å². The summed E-state index contributed by atoms with van der Waals surface area (Å²) >= 11 is 0. The molecular weight excluding hydrogens is 748 g/mol. The molecule has 0 bridgehead atoms. The molecule has 0 unspecified atom stereocenters. The molecule has 0 atom stereocenters. The average molecular weight is 789 g/mol. The van der Waals surface area contributed by atoms with E-state index in [1.165, 1.54) is 38.0 Å². The van der Waals surface area contributed by atoms with Crippen molar-refractivity contribution in [1.29, 1.82) is 0 Å². The molecular formula is C36H40F8N6O5. The summed E-state index contributed by atoms with van der Waals surface area (Å²) in [5.41, 5.74) is -5.57. The monoisotopic (exact) mass is 788 g/mol. The first-order valence-corrected chi connectivity index (χ1v) is 17.0. The number of anilines is 1. The van der Waals surface area contributed by atoms with Gasteiger partial charge in [-0.1, -0.05) is 12.1 Å². The van der Waals surface area contributed by atoms with Gasteiger partial charge in [0.1, 0.15) is 23.4 Å². The summed E-state index contributed by atoms with van der Waals surface area (Å²) in [6, 6.07) is 5.11. The zero-order chi connectivity index (χ0) is 40.7. The molecule has 3 aliphatic rings. The van der Waals surface area contributed by atoms with Crippen LogP contribution in [-0.4, -0.2) is 100 Å². The van der Waals surface area contributed by atoms with Crippen molar-refractivity contribution >= 4 is 17.5 Å². The Morgan fingerprint density at radius 3 is 2.25 bits per heavy atom. The predicted octanol–water partition coefficient (Wildman–Crippen LogP) is 6.96. The normalized spacial score (nSPS) is 17.1. The number of amides is 2. The molecule has 2 aliphatic heterocycles. The fraction of sp³-hybridized carbons (Fsp3) is 0.444. The number of hydrogen-bond acceptors (Lipinski definition) is 9. The minimum absolute atomic E-state index is 0.262. The molecule has 1 saturated heterocycles. The van der Waals surface area contributed by atoms with Crippen LogP contribution in [0.2, 0.25) is 0 Å². The Hall–Kier alpha value is -4.88. The molecule has 3 N–H and O–H groups in total. The van der Waals surface area contributed by atoms with Crippen molar-refractivity contribution in [2.45, 2.75) is 56.8 Å². The third-order valence-electron chi connectivity index (χ3n) is 9.56. The number of carbonyl (C=O) groups is 2. The van der Waals surface area contributed by atoms with E-state index in [2.05, 4.69) is 20.2 Å². The highest BCUT2D eigenvalue weighted by molar-refractivity contribution is 6.24. The van der Waals surface area contributed by atoms with E-state index in [-0.39, 0.29) is 29.7 Å². The van der Waals surface area contributed by atoms with E-state index in [0.29, 0.717) is 26.0 Å². The van der Waals surface area contributed by atoms with Gasteiger partial charge in [0.2, 0.25) is 5.82 Å². The van der Waals surface area contributed by atoms with Crippen LogP contribution in [0.3, 0.4) is 0 Å². The number of aliphatic hydroxyl groups is 1. The number of hydrogen-bond donors (Lipinski definition) is 3. The van der Waals surface area contributed by atoms with Gasteiger partial charge in [-0.05, 0) is 69.5 Å². The number of phenols is 1. The van der Waals surface area contributed by atoms with Crippen molar-refractivity contribution in [2.24, 2.45) is 0 Å². The Labute approximate surface area is 311 Å². The molecule has 1 aliphatic carbocycles. The summed E-state index contributed by atoms with van der Waals surface area (Å²) in [5, 5.41) is 25.2. The first-order chi connectivity index (χ1) is 26.1. The molecule has 3 heterocycles. The van der Waals surface area contributed by atoms with E-state index in [1.807, 2.05) is 0 Å². The number of aromatic hydroxyl groups is 1. The van der Waals surface area contributed by atoms with Gasteiger partial charge in [-0.25, -0.2) is 28.1 Å². The largest absolute Gasteiger partial charge is 0.509 e. The van der Waals surface area contributed by atoms with Crippen LogP contribution in [0.4, 0.5) is 40.8 Å². The molecule has 1 saturated carbocycles. The number of likely N-dealkylation sites (tertiary alicyclic amines) is 1. The average Bonchev–Trinajstić information content (AvgIpc) is 3.66. The number of rotatable bonds is 9. The Bertz CT molecular complexity index is 1870. The number of methoxy groups -OCH3 is 1. The third kappa shape index (κ3) is 9.33. The lowest BCUT2D eigenvalue weighted by molar-refractivity contribution is -0.172. The van der Waals surface area contributed by atoms with Crippen LogP contribution in [0.25, 0.3) is 11.3 Å². The lowest BCUT2D eigenvalue weighted by Crippen LogP contribution is -2.65. The van der Waals surface area contributed by atoms with Gasteiger partial charge in [-0.3, -0.25) is 19.0 Å². The summed E-state index contributed by atoms with van der Waals surface area (Å²) in [5.74, 6) is -6.97. The zero-order valence-electron chi connectivity index (χ0n) is 30.1. The summed E-state index contributed by atoms with van der Waals surface area (Å²) in [4.78, 5) is 36.5. The molecule has 6 rings (SSSR count). The minimum atomic E-state index is -4.90. The van der Waals surface area contributed by atoms with Crippen LogP contribution >= 0.6 is 0 Å². The number of alkyl halides is 6. The van der Waals surface area contributed by atoms with E-state index in [9.17, 15) is 54.9 Å². The fourth-order valence-electron chi connectivity index (χ4n) is 6.39. The number of phenolic OH excluding ortho intramolecular Hbond substituents is 1. The molecule has 2 amide bonds. The van der Waals surface area contributed by atoms with Crippen molar-refractivity contribution in [3.05, 3.63) is 82.5 Å². The maximum Gasteiger partial charge on any atom is 0.433 e. The van der Waals surface area contributed by atoms with Gasteiger partial charge in [0, 0.05) is 37.4 Å². The number of aliphatic hydroxyl groups excluding tert-OH is 1. The van der Waals surface area contributed by atoms with Crippen molar-refractivity contribution in [3.63, 3.8) is 0 Å². The van der Waals surface area contributed by atoms with Gasteiger partial charge in [-0.15, -0.1) is 0 Å². The second kappa shape index (κ2) is 18.2. The molecule has 1 aromatic heterocycles. The van der Waals surface area contributed by atoms with Crippen LogP contribution in [0.1, 0.15) is 55.4 Å². The van der Waals surface area contributed by atoms with Crippen molar-refractivity contribution in [1.82, 2.24) is 24.9 Å². The quantitative estimate of drug-likeness (QED) is 0.156. The van der Waals surface area contributed by atoms with Gasteiger partial charge in [0.05, 0.1) is 37.2 Å². The molecule has 55 heavy (non-hydrogen) atoms. The number of carbonyl (C=O) groups excluding carboxylic acids is 2. The molecule has 1 spiro atoms. The zero-order valence-corrected chi connectivity index (χ0v) is 30.1. The Morgan fingerprint density at radius 2 is 1.67 bits per heavy atom. The van der Waals surface area contributed by atoms with Gasteiger partial charge in [-0.2, -0.15) is 17.6 Å². The Kier molecular flexibility index (Phi) is 14.2. The third-order valence-corrected chi connectivity index (χ3v) is 9.56. The summed E-state index contributed by atoms with van der Waals surface area (Å²) in [6.07, 6.45) is -3.52. The van der Waals surface area contributed by atoms with Gasteiger partial charge in [0.25, 0.3) is 18.2 Å². The van der Waals surface area contributed by atoms with Crippen molar-refractivity contribution in [2.75, 3.05) is 52.9 Å².